The number of hydrogen-bond acceptors (Lipinski definition) is 3. The predicted molar refractivity (Wildman–Crippen MR) is 87.3 cm³/mol. The maximum Gasteiger partial charge on any atom is 0.253 e. The average molecular weight is 299 g/mol. The molecule has 0 aromatic heterocycles. The highest BCUT2D eigenvalue weighted by molar-refractivity contribution is 5.94. The number of benzene rings is 2. The molecule has 0 aliphatic carbocycles. The second-order valence-electron chi connectivity index (χ2n) is 4.78. The Morgan fingerprint density at radius 1 is 1.05 bits per heavy atom. The standard InChI is InChI=1S/C18H21NO3/c1-3-17(21-4-2)18(20)19-14-9-8-12-16(13-14)22-15-10-6-5-7-11-15/h5-13,17H,3-4H2,1-2H3,(H,19,20). The van der Waals surface area contributed by atoms with E-state index < -0.39 is 6.10 Å². The van der Waals surface area contributed by atoms with Gasteiger partial charge >= 0.3 is 0 Å². The first-order valence-corrected chi connectivity index (χ1v) is 7.48. The molecule has 0 aliphatic heterocycles. The van der Waals surface area contributed by atoms with E-state index in [1.54, 1.807) is 6.07 Å². The zero-order valence-electron chi connectivity index (χ0n) is 12.9. The van der Waals surface area contributed by atoms with E-state index in [0.29, 0.717) is 24.5 Å². The Labute approximate surface area is 131 Å². The molecule has 0 saturated carbocycles. The van der Waals surface area contributed by atoms with Gasteiger partial charge in [-0.15, -0.1) is 0 Å². The van der Waals surface area contributed by atoms with E-state index in [2.05, 4.69) is 5.32 Å². The largest absolute Gasteiger partial charge is 0.457 e. The minimum Gasteiger partial charge on any atom is -0.457 e. The number of anilines is 1. The fourth-order valence-electron chi connectivity index (χ4n) is 2.06. The Hall–Kier alpha value is -2.33. The highest BCUT2D eigenvalue weighted by atomic mass is 16.5. The fourth-order valence-corrected chi connectivity index (χ4v) is 2.06. The summed E-state index contributed by atoms with van der Waals surface area (Å²) in [4.78, 5) is 12.1. The number of carbonyl (C=O) groups excluding carboxylic acids is 1. The van der Waals surface area contributed by atoms with Gasteiger partial charge in [0.15, 0.2) is 0 Å². The van der Waals surface area contributed by atoms with Crippen molar-refractivity contribution in [2.24, 2.45) is 0 Å². The zero-order valence-corrected chi connectivity index (χ0v) is 12.9. The monoisotopic (exact) mass is 299 g/mol. The van der Waals surface area contributed by atoms with E-state index >= 15 is 0 Å². The van der Waals surface area contributed by atoms with Crippen LogP contribution < -0.4 is 10.1 Å². The Bertz CT molecular complexity index is 598. The van der Waals surface area contributed by atoms with Gasteiger partial charge in [-0.25, -0.2) is 0 Å². The van der Waals surface area contributed by atoms with Crippen LogP contribution in [0.4, 0.5) is 5.69 Å². The van der Waals surface area contributed by atoms with Gasteiger partial charge in [-0.05, 0) is 37.6 Å². The second-order valence-corrected chi connectivity index (χ2v) is 4.78. The van der Waals surface area contributed by atoms with E-state index in [0.717, 1.165) is 5.75 Å². The van der Waals surface area contributed by atoms with Gasteiger partial charge in [0.25, 0.3) is 5.91 Å². The third kappa shape index (κ3) is 4.60. The van der Waals surface area contributed by atoms with E-state index in [9.17, 15) is 4.79 Å². The van der Waals surface area contributed by atoms with Crippen LogP contribution in [0, 0.1) is 0 Å². The molecule has 0 radical (unpaired) electrons. The van der Waals surface area contributed by atoms with Crippen molar-refractivity contribution in [1.29, 1.82) is 0 Å². The van der Waals surface area contributed by atoms with Crippen molar-refractivity contribution in [2.75, 3.05) is 11.9 Å². The molecular formula is C18H21NO3. The molecule has 22 heavy (non-hydrogen) atoms. The fraction of sp³-hybridized carbons (Fsp3) is 0.278. The summed E-state index contributed by atoms with van der Waals surface area (Å²) in [5.41, 5.74) is 0.691. The summed E-state index contributed by atoms with van der Waals surface area (Å²) >= 11 is 0. The van der Waals surface area contributed by atoms with Crippen LogP contribution in [0.1, 0.15) is 20.3 Å². The molecule has 2 rings (SSSR count). The topological polar surface area (TPSA) is 47.6 Å². The van der Waals surface area contributed by atoms with Crippen molar-refractivity contribution in [1.82, 2.24) is 0 Å². The maximum atomic E-state index is 12.1. The first kappa shape index (κ1) is 16.0. The van der Waals surface area contributed by atoms with E-state index in [1.807, 2.05) is 62.4 Å². The molecule has 0 heterocycles. The highest BCUT2D eigenvalue weighted by Gasteiger charge is 2.16. The van der Waals surface area contributed by atoms with Gasteiger partial charge < -0.3 is 14.8 Å². The molecule has 1 amide bonds. The number of ether oxygens (including phenoxy) is 2. The molecule has 0 bridgehead atoms. The van der Waals surface area contributed by atoms with Crippen LogP contribution in [-0.2, 0) is 9.53 Å². The van der Waals surface area contributed by atoms with Crippen LogP contribution in [0.2, 0.25) is 0 Å². The van der Waals surface area contributed by atoms with E-state index in [1.165, 1.54) is 0 Å². The molecule has 0 aliphatic rings. The first-order chi connectivity index (χ1) is 10.7. The summed E-state index contributed by atoms with van der Waals surface area (Å²) in [7, 11) is 0. The number of rotatable bonds is 7. The van der Waals surface area contributed by atoms with Gasteiger partial charge in [-0.1, -0.05) is 31.2 Å². The number of para-hydroxylation sites is 1. The van der Waals surface area contributed by atoms with E-state index in [4.69, 9.17) is 9.47 Å². The maximum absolute atomic E-state index is 12.1. The highest BCUT2D eigenvalue weighted by Crippen LogP contribution is 2.24. The van der Waals surface area contributed by atoms with Gasteiger partial charge in [0.1, 0.15) is 17.6 Å². The number of hydrogen-bond donors (Lipinski definition) is 1. The van der Waals surface area contributed by atoms with Crippen LogP contribution in [0.15, 0.2) is 54.6 Å². The molecule has 1 N–H and O–H groups in total. The smallest absolute Gasteiger partial charge is 0.253 e. The van der Waals surface area contributed by atoms with Crippen molar-refractivity contribution in [3.05, 3.63) is 54.6 Å². The lowest BCUT2D eigenvalue weighted by Crippen LogP contribution is -2.29. The molecule has 0 fully saturated rings. The Morgan fingerprint density at radius 3 is 2.45 bits per heavy atom. The lowest BCUT2D eigenvalue weighted by atomic mass is 10.2. The number of carbonyl (C=O) groups is 1. The van der Waals surface area contributed by atoms with Gasteiger partial charge in [0.05, 0.1) is 0 Å². The summed E-state index contributed by atoms with van der Waals surface area (Å²) in [6.07, 6.45) is 0.212. The number of nitrogens with one attached hydrogen (secondary N) is 1. The number of amides is 1. The van der Waals surface area contributed by atoms with Crippen LogP contribution >= 0.6 is 0 Å². The third-order valence-corrected chi connectivity index (χ3v) is 3.11. The van der Waals surface area contributed by atoms with Crippen molar-refractivity contribution in [3.8, 4) is 11.5 Å². The molecule has 116 valence electrons. The summed E-state index contributed by atoms with van der Waals surface area (Å²) in [5.74, 6) is 1.29. The lowest BCUT2D eigenvalue weighted by Gasteiger charge is -2.15. The van der Waals surface area contributed by atoms with Crippen LogP contribution in [0.5, 0.6) is 11.5 Å². The minimum absolute atomic E-state index is 0.138. The van der Waals surface area contributed by atoms with E-state index in [-0.39, 0.29) is 5.91 Å². The molecule has 1 unspecified atom stereocenters. The van der Waals surface area contributed by atoms with Crippen LogP contribution in [-0.4, -0.2) is 18.6 Å². The molecule has 4 heteroatoms. The Kier molecular flexibility index (Phi) is 5.98. The molecule has 4 nitrogen and oxygen atoms in total. The summed E-state index contributed by atoms with van der Waals surface area (Å²) in [5, 5.41) is 2.86. The molecule has 0 saturated heterocycles. The van der Waals surface area contributed by atoms with Crippen molar-refractivity contribution in [2.45, 2.75) is 26.4 Å². The second kappa shape index (κ2) is 8.20. The van der Waals surface area contributed by atoms with Crippen molar-refractivity contribution >= 4 is 11.6 Å². The summed E-state index contributed by atoms with van der Waals surface area (Å²) in [6, 6.07) is 16.8. The normalized spacial score (nSPS) is 11.7. The van der Waals surface area contributed by atoms with Gasteiger partial charge in [0.2, 0.25) is 0 Å². The Balaban J connectivity index is 2.03. The average Bonchev–Trinajstić information content (AvgIpc) is 2.53. The van der Waals surface area contributed by atoms with Crippen LogP contribution in [0.25, 0.3) is 0 Å². The lowest BCUT2D eigenvalue weighted by molar-refractivity contribution is -0.127. The molecular weight excluding hydrogens is 278 g/mol. The van der Waals surface area contributed by atoms with Crippen LogP contribution in [0.3, 0.4) is 0 Å². The molecule has 0 spiro atoms. The molecule has 1 atom stereocenters. The SMILES string of the molecule is CCOC(CC)C(=O)Nc1cccc(Oc2ccccc2)c1. The van der Waals surface area contributed by atoms with Gasteiger partial charge in [-0.3, -0.25) is 4.79 Å². The molecule has 2 aromatic rings. The van der Waals surface area contributed by atoms with Crippen molar-refractivity contribution < 1.29 is 14.3 Å². The summed E-state index contributed by atoms with van der Waals surface area (Å²) in [6.45, 7) is 4.32. The van der Waals surface area contributed by atoms with Crippen molar-refractivity contribution in [3.63, 3.8) is 0 Å². The predicted octanol–water partition coefficient (Wildman–Crippen LogP) is 4.23. The van der Waals surface area contributed by atoms with Gasteiger partial charge in [-0.2, -0.15) is 0 Å². The quantitative estimate of drug-likeness (QED) is 0.832. The Morgan fingerprint density at radius 2 is 1.77 bits per heavy atom. The zero-order chi connectivity index (χ0) is 15.8. The summed E-state index contributed by atoms with van der Waals surface area (Å²) < 4.78 is 11.2. The third-order valence-electron chi connectivity index (χ3n) is 3.11. The minimum atomic E-state index is -0.427. The first-order valence-electron chi connectivity index (χ1n) is 7.48. The molecule has 2 aromatic carbocycles. The van der Waals surface area contributed by atoms with Gasteiger partial charge in [0, 0.05) is 18.4 Å².